The minimum absolute atomic E-state index is 0.0433. The zero-order valence-corrected chi connectivity index (χ0v) is 14.6. The Balaban J connectivity index is 1.71. The van der Waals surface area contributed by atoms with Crippen molar-refractivity contribution >= 4 is 12.4 Å². The molecule has 1 N–H and O–H groups in total. The average molecular weight is 337 g/mol. The van der Waals surface area contributed by atoms with Crippen LogP contribution in [0.3, 0.4) is 0 Å². The summed E-state index contributed by atoms with van der Waals surface area (Å²) in [6, 6.07) is 16.3. The first-order chi connectivity index (χ1) is 12.1. The number of aldehydes is 1. The highest BCUT2D eigenvalue weighted by Gasteiger charge is 2.29. The molecule has 1 aliphatic carbocycles. The van der Waals surface area contributed by atoms with Crippen LogP contribution in [-0.4, -0.2) is 25.0 Å². The van der Waals surface area contributed by atoms with Crippen molar-refractivity contribution in [1.29, 1.82) is 0 Å². The maximum Gasteiger partial charge on any atom is 0.407 e. The topological polar surface area (TPSA) is 55.4 Å². The summed E-state index contributed by atoms with van der Waals surface area (Å²) in [4.78, 5) is 22.9. The highest BCUT2D eigenvalue weighted by Crippen LogP contribution is 2.44. The minimum Gasteiger partial charge on any atom is -0.449 e. The standard InChI is InChI=1S/C21H23NO3/c1-14(2)20(11-12-23)22-21(24)25-13-19-17-9-5-3-7-15(17)16-8-4-6-10-18(16)19/h3-10,12,14,19-20H,11,13H2,1-2H3,(H,22,24)/t20-/m0/s1. The number of carbonyl (C=O) groups is 2. The van der Waals surface area contributed by atoms with Gasteiger partial charge < -0.3 is 14.8 Å². The van der Waals surface area contributed by atoms with Gasteiger partial charge in [0, 0.05) is 18.4 Å². The molecular weight excluding hydrogens is 314 g/mol. The Morgan fingerprint density at radius 1 is 1.08 bits per heavy atom. The molecule has 0 unspecified atom stereocenters. The largest absolute Gasteiger partial charge is 0.449 e. The van der Waals surface area contributed by atoms with Gasteiger partial charge in [0.25, 0.3) is 0 Å². The third-order valence-corrected chi connectivity index (χ3v) is 4.80. The van der Waals surface area contributed by atoms with Crippen LogP contribution in [0.4, 0.5) is 4.79 Å². The molecule has 4 heteroatoms. The van der Waals surface area contributed by atoms with E-state index in [1.807, 2.05) is 38.1 Å². The quantitative estimate of drug-likeness (QED) is 0.806. The van der Waals surface area contributed by atoms with Crippen LogP contribution in [-0.2, 0) is 9.53 Å². The lowest BCUT2D eigenvalue weighted by molar-refractivity contribution is -0.108. The highest BCUT2D eigenvalue weighted by atomic mass is 16.5. The van der Waals surface area contributed by atoms with Crippen LogP contribution in [0.1, 0.15) is 37.3 Å². The van der Waals surface area contributed by atoms with Crippen molar-refractivity contribution in [2.75, 3.05) is 6.61 Å². The zero-order valence-electron chi connectivity index (χ0n) is 14.6. The van der Waals surface area contributed by atoms with Crippen molar-refractivity contribution in [3.05, 3.63) is 59.7 Å². The predicted octanol–water partition coefficient (Wildman–Crippen LogP) is 4.14. The molecule has 25 heavy (non-hydrogen) atoms. The summed E-state index contributed by atoms with van der Waals surface area (Å²) in [5.74, 6) is 0.215. The number of ether oxygens (including phenoxy) is 1. The fourth-order valence-corrected chi connectivity index (χ4v) is 3.39. The van der Waals surface area contributed by atoms with E-state index in [1.165, 1.54) is 22.3 Å². The van der Waals surface area contributed by atoms with Gasteiger partial charge in [-0.3, -0.25) is 0 Å². The van der Waals surface area contributed by atoms with E-state index in [9.17, 15) is 9.59 Å². The molecule has 0 aromatic heterocycles. The Labute approximate surface area is 148 Å². The first-order valence-corrected chi connectivity index (χ1v) is 8.67. The molecule has 0 aliphatic heterocycles. The monoisotopic (exact) mass is 337 g/mol. The van der Waals surface area contributed by atoms with Gasteiger partial charge in [-0.2, -0.15) is 0 Å². The molecule has 1 amide bonds. The Bertz CT molecular complexity index is 724. The van der Waals surface area contributed by atoms with Crippen molar-refractivity contribution in [1.82, 2.24) is 5.32 Å². The normalized spacial score (nSPS) is 13.9. The molecule has 3 rings (SSSR count). The number of fused-ring (bicyclic) bond motifs is 3. The number of hydrogen-bond acceptors (Lipinski definition) is 3. The smallest absolute Gasteiger partial charge is 0.407 e. The molecule has 0 radical (unpaired) electrons. The second-order valence-corrected chi connectivity index (χ2v) is 6.72. The maximum atomic E-state index is 12.2. The lowest BCUT2D eigenvalue weighted by Gasteiger charge is -2.21. The third kappa shape index (κ3) is 3.58. The van der Waals surface area contributed by atoms with Gasteiger partial charge in [-0.25, -0.2) is 4.79 Å². The Morgan fingerprint density at radius 2 is 1.64 bits per heavy atom. The fourth-order valence-electron chi connectivity index (χ4n) is 3.39. The predicted molar refractivity (Wildman–Crippen MR) is 97.5 cm³/mol. The van der Waals surface area contributed by atoms with Gasteiger partial charge in [-0.05, 0) is 28.2 Å². The number of benzene rings is 2. The lowest BCUT2D eigenvalue weighted by Crippen LogP contribution is -2.39. The number of hydrogen-bond donors (Lipinski definition) is 1. The summed E-state index contributed by atoms with van der Waals surface area (Å²) in [6.45, 7) is 4.22. The van der Waals surface area contributed by atoms with Gasteiger partial charge in [-0.15, -0.1) is 0 Å². The van der Waals surface area contributed by atoms with Crippen LogP contribution in [0, 0.1) is 5.92 Å². The van der Waals surface area contributed by atoms with Gasteiger partial charge in [0.2, 0.25) is 0 Å². The molecule has 1 atom stereocenters. The molecule has 4 nitrogen and oxygen atoms in total. The summed E-state index contributed by atoms with van der Waals surface area (Å²) in [5, 5.41) is 2.80. The molecule has 2 aromatic rings. The molecule has 0 bridgehead atoms. The lowest BCUT2D eigenvalue weighted by atomic mass is 9.98. The van der Waals surface area contributed by atoms with E-state index < -0.39 is 6.09 Å². The third-order valence-electron chi connectivity index (χ3n) is 4.80. The van der Waals surface area contributed by atoms with Crippen LogP contribution in [0.25, 0.3) is 11.1 Å². The molecule has 0 saturated carbocycles. The van der Waals surface area contributed by atoms with Gasteiger partial charge >= 0.3 is 6.09 Å². The molecule has 0 saturated heterocycles. The van der Waals surface area contributed by atoms with Crippen molar-refractivity contribution in [2.24, 2.45) is 5.92 Å². The van der Waals surface area contributed by atoms with Gasteiger partial charge in [0.15, 0.2) is 0 Å². The Kier molecular flexibility index (Phi) is 5.17. The summed E-state index contributed by atoms with van der Waals surface area (Å²) < 4.78 is 5.50. The first-order valence-electron chi connectivity index (χ1n) is 8.67. The molecule has 2 aromatic carbocycles. The Morgan fingerprint density at radius 3 is 2.16 bits per heavy atom. The maximum absolute atomic E-state index is 12.2. The van der Waals surface area contributed by atoms with Crippen LogP contribution in [0.2, 0.25) is 0 Å². The van der Waals surface area contributed by atoms with E-state index in [4.69, 9.17) is 4.74 Å². The number of amides is 1. The number of rotatable bonds is 6. The zero-order chi connectivity index (χ0) is 17.8. The number of carbonyl (C=O) groups excluding carboxylic acids is 2. The molecule has 0 heterocycles. The van der Waals surface area contributed by atoms with Crippen molar-refractivity contribution in [2.45, 2.75) is 32.2 Å². The van der Waals surface area contributed by atoms with Crippen LogP contribution in [0.5, 0.6) is 0 Å². The number of nitrogens with one attached hydrogen (secondary N) is 1. The fraction of sp³-hybridized carbons (Fsp3) is 0.333. The molecule has 0 spiro atoms. The van der Waals surface area contributed by atoms with E-state index >= 15 is 0 Å². The average Bonchev–Trinajstić information content (AvgIpc) is 2.93. The Hall–Kier alpha value is -2.62. The minimum atomic E-state index is -0.470. The number of alkyl carbamates (subject to hydrolysis) is 1. The van der Waals surface area contributed by atoms with E-state index in [0.717, 1.165) is 6.29 Å². The van der Waals surface area contributed by atoms with Crippen molar-refractivity contribution < 1.29 is 14.3 Å². The van der Waals surface area contributed by atoms with Gasteiger partial charge in [-0.1, -0.05) is 62.4 Å². The van der Waals surface area contributed by atoms with Crippen molar-refractivity contribution in [3.8, 4) is 11.1 Å². The SMILES string of the molecule is CC(C)[C@H](CC=O)NC(=O)OCC1c2ccccc2-c2ccccc21. The summed E-state index contributed by atoms with van der Waals surface area (Å²) in [6.07, 6.45) is 0.651. The van der Waals surface area contributed by atoms with Crippen LogP contribution in [0.15, 0.2) is 48.5 Å². The summed E-state index contributed by atoms with van der Waals surface area (Å²) in [5.41, 5.74) is 4.77. The molecule has 0 fully saturated rings. The van der Waals surface area contributed by atoms with E-state index in [-0.39, 0.29) is 24.5 Å². The van der Waals surface area contributed by atoms with Gasteiger partial charge in [0.1, 0.15) is 12.9 Å². The van der Waals surface area contributed by atoms with E-state index in [2.05, 4.69) is 29.6 Å². The molecular formula is C21H23NO3. The first kappa shape index (κ1) is 17.2. The highest BCUT2D eigenvalue weighted by molar-refractivity contribution is 5.79. The van der Waals surface area contributed by atoms with E-state index in [0.29, 0.717) is 6.42 Å². The van der Waals surface area contributed by atoms with Gasteiger partial charge in [0.05, 0.1) is 0 Å². The van der Waals surface area contributed by atoms with Crippen molar-refractivity contribution in [3.63, 3.8) is 0 Å². The van der Waals surface area contributed by atoms with Crippen LogP contribution < -0.4 is 5.32 Å². The van der Waals surface area contributed by atoms with Crippen LogP contribution >= 0.6 is 0 Å². The summed E-state index contributed by atoms with van der Waals surface area (Å²) in [7, 11) is 0. The van der Waals surface area contributed by atoms with E-state index in [1.54, 1.807) is 0 Å². The second kappa shape index (κ2) is 7.51. The molecule has 1 aliphatic rings. The summed E-state index contributed by atoms with van der Waals surface area (Å²) >= 11 is 0. The molecule has 130 valence electrons. The second-order valence-electron chi connectivity index (χ2n) is 6.72.